The predicted octanol–water partition coefficient (Wildman–Crippen LogP) is 15.8. The Balaban J connectivity index is 0.000000142. The summed E-state index contributed by atoms with van der Waals surface area (Å²) in [6.07, 6.45) is 11.9. The van der Waals surface area contributed by atoms with Gasteiger partial charge in [0.05, 0.1) is 107 Å². The molecule has 0 radical (unpaired) electrons. The van der Waals surface area contributed by atoms with Gasteiger partial charge in [0, 0.05) is 137 Å². The number of halogens is 3. The SMILES string of the molecule is Nc1ccc2[nH]ccc2c1.[C-]#[N+]c1cc2c(Cl)ccnc2cc1O.[C-]#[N+]c1cc2c(Cl)ccnc2cc1OC.[C-]#[N+]c1cc2c(Cl)ccnc2cc1OCCCN1CCS(=O)(=O)CC1.[C-]#[N+]c1cc2c(Nc3ccc4[nH]ccc4c3)ccnc2cc1OCCCN1CCS(=O)(=O)CC1. The van der Waals surface area contributed by atoms with Crippen molar-refractivity contribution in [3.8, 4) is 23.0 Å². The lowest BCUT2D eigenvalue weighted by molar-refractivity contribution is 0.246. The monoisotopic (exact) mass is 1410 g/mol. The van der Waals surface area contributed by atoms with E-state index < -0.39 is 19.7 Å². The Morgan fingerprint density at radius 1 is 0.520 bits per heavy atom. The van der Waals surface area contributed by atoms with Crippen LogP contribution in [0.15, 0.2) is 159 Å². The zero-order chi connectivity index (χ0) is 69.3. The van der Waals surface area contributed by atoms with E-state index in [1.807, 2.05) is 73.1 Å². The van der Waals surface area contributed by atoms with Gasteiger partial charge in [-0.25, -0.2) is 36.2 Å². The first-order valence-electron chi connectivity index (χ1n) is 30.5. The highest BCUT2D eigenvalue weighted by Gasteiger charge is 2.23. The van der Waals surface area contributed by atoms with Crippen LogP contribution < -0.4 is 25.3 Å². The fraction of sp³-hybridized carbons (Fsp3) is 0.211. The molecular weight excluding hydrogens is 1350 g/mol. The smallest absolute Gasteiger partial charge is 0.228 e. The minimum Gasteiger partial charge on any atom is -0.519 e. The highest BCUT2D eigenvalue weighted by Crippen LogP contribution is 2.39. The molecule has 22 nitrogen and oxygen atoms in total. The number of pyridine rings is 4. The van der Waals surface area contributed by atoms with E-state index in [4.69, 9.17) is 81.0 Å². The fourth-order valence-corrected chi connectivity index (χ4v) is 13.8. The Hall–Kier alpha value is -10.5. The van der Waals surface area contributed by atoms with Crippen LogP contribution in [0.1, 0.15) is 12.8 Å². The quantitative estimate of drug-likeness (QED) is 0.0408. The van der Waals surface area contributed by atoms with Crippen LogP contribution in [0, 0.1) is 26.3 Å². The second kappa shape index (κ2) is 32.5. The maximum atomic E-state index is 11.6. The zero-order valence-corrected chi connectivity index (χ0v) is 56.6. The molecule has 0 unspecified atom stereocenters. The van der Waals surface area contributed by atoms with E-state index in [1.54, 1.807) is 67.3 Å². The molecule has 6 aromatic carbocycles. The van der Waals surface area contributed by atoms with Crippen molar-refractivity contribution in [1.82, 2.24) is 39.7 Å². The molecule has 498 valence electrons. The molecule has 14 rings (SSSR count). The number of hydrogen-bond donors (Lipinski definition) is 5. The van der Waals surface area contributed by atoms with Crippen LogP contribution in [0.3, 0.4) is 0 Å². The minimum absolute atomic E-state index is 0.0673. The second-order valence-corrected chi connectivity index (χ2v) is 28.2. The van der Waals surface area contributed by atoms with Crippen molar-refractivity contribution in [1.29, 1.82) is 0 Å². The molecule has 2 fully saturated rings. The summed E-state index contributed by atoms with van der Waals surface area (Å²) in [5.74, 6) is 2.37. The summed E-state index contributed by atoms with van der Waals surface area (Å²) in [6.45, 7) is 33.6. The number of benzene rings is 6. The number of nitrogen functional groups attached to an aromatic ring is 1. The van der Waals surface area contributed by atoms with Crippen molar-refractivity contribution in [2.45, 2.75) is 12.8 Å². The Bertz CT molecular complexity index is 5300. The van der Waals surface area contributed by atoms with Gasteiger partial charge in [-0.05, 0) is 134 Å². The molecular formula is C71H63Cl3N14O8S2. The van der Waals surface area contributed by atoms with Crippen LogP contribution >= 0.6 is 34.8 Å². The summed E-state index contributed by atoms with van der Waals surface area (Å²) >= 11 is 18.1. The van der Waals surface area contributed by atoms with Crippen LogP contribution in [0.5, 0.6) is 23.0 Å². The van der Waals surface area contributed by atoms with Gasteiger partial charge in [-0.15, -0.1) is 0 Å². The largest absolute Gasteiger partial charge is 0.519 e. The zero-order valence-electron chi connectivity index (χ0n) is 52.7. The van der Waals surface area contributed by atoms with E-state index in [2.05, 4.69) is 70.5 Å². The number of aromatic hydroxyl groups is 1. The lowest BCUT2D eigenvalue weighted by Gasteiger charge is -2.26. The van der Waals surface area contributed by atoms with Gasteiger partial charge in [0.15, 0.2) is 19.7 Å². The molecule has 8 heterocycles. The number of nitrogens with zero attached hydrogens (tertiary/aromatic N) is 10. The summed E-state index contributed by atoms with van der Waals surface area (Å²) in [6, 6.07) is 36.3. The minimum atomic E-state index is -2.87. The van der Waals surface area contributed by atoms with E-state index in [1.165, 1.54) is 24.6 Å². The number of aromatic amines is 2. The Kier molecular flexibility index (Phi) is 23.3. The van der Waals surface area contributed by atoms with E-state index in [-0.39, 0.29) is 34.4 Å². The number of anilines is 3. The number of hydrogen-bond acceptors (Lipinski definition) is 16. The number of aromatic nitrogens is 6. The molecule has 2 aliphatic rings. The van der Waals surface area contributed by atoms with Gasteiger partial charge in [0.2, 0.25) is 22.7 Å². The Morgan fingerprint density at radius 2 is 0.929 bits per heavy atom. The second-order valence-electron chi connectivity index (χ2n) is 22.4. The first-order chi connectivity index (χ1) is 47.3. The standard InChI is InChI=1S/C25H25N5O3S.C17H18ClN3O3S.C11H7ClN2O.C10H5ClN2O.C8H8N2/c1-26-24-16-20-22(29-19-3-4-21-18(15-19)5-7-27-21)6-8-28-23(20)17-25(24)33-12-2-9-30-10-13-34(31,32)14-11-30;1-19-16-11-13-14(18)3-4-20-15(13)12-17(16)24-8-2-5-21-6-9-25(22,23)10-7-21;1-13-10-5-7-8(12)3-4-14-9(7)6-11(10)15-2;1-12-9-4-6-7(11)2-3-13-8(6)5-10(9)14;9-7-1-2-8-6(5-7)3-4-10-8/h3-8,15-17,27H,2,9-14H2,(H,28,29);3-4,11-12H,2,5-10H2;3-6H,2H3;2-5,14H;1-5,10H,9H2. The van der Waals surface area contributed by atoms with E-state index in [0.29, 0.717) is 105 Å². The topological polar surface area (TPSA) is 261 Å². The van der Waals surface area contributed by atoms with Crippen LogP contribution in [-0.4, -0.2) is 144 Å². The predicted molar refractivity (Wildman–Crippen MR) is 390 cm³/mol. The molecule has 98 heavy (non-hydrogen) atoms. The molecule has 12 aromatic rings. The highest BCUT2D eigenvalue weighted by molar-refractivity contribution is 7.91. The third-order valence-corrected chi connectivity index (χ3v) is 20.1. The number of ether oxygens (including phenoxy) is 3. The number of H-pyrrole nitrogens is 2. The highest BCUT2D eigenvalue weighted by atomic mass is 35.5. The van der Waals surface area contributed by atoms with Crippen molar-refractivity contribution in [3.63, 3.8) is 0 Å². The van der Waals surface area contributed by atoms with Gasteiger partial charge >= 0.3 is 0 Å². The molecule has 6 N–H and O–H groups in total. The van der Waals surface area contributed by atoms with Gasteiger partial charge in [-0.2, -0.15) is 0 Å². The van der Waals surface area contributed by atoms with Gasteiger partial charge < -0.3 is 50.1 Å². The molecule has 2 saturated heterocycles. The first kappa shape index (κ1) is 70.3. The summed E-state index contributed by atoms with van der Waals surface area (Å²) in [7, 11) is -4.19. The summed E-state index contributed by atoms with van der Waals surface area (Å²) in [5, 5.41) is 19.8. The van der Waals surface area contributed by atoms with Crippen LogP contribution in [0.25, 0.3) is 84.8 Å². The van der Waals surface area contributed by atoms with Crippen LogP contribution in [0.2, 0.25) is 15.1 Å². The molecule has 0 spiro atoms. The maximum absolute atomic E-state index is 11.6. The average molecular weight is 1410 g/mol. The Morgan fingerprint density at radius 3 is 1.41 bits per heavy atom. The fourth-order valence-electron chi connectivity index (χ4n) is 10.7. The van der Waals surface area contributed by atoms with Crippen molar-refractivity contribution in [2.75, 3.05) is 93.7 Å². The van der Waals surface area contributed by atoms with Crippen molar-refractivity contribution < 1.29 is 36.2 Å². The number of rotatable bonds is 13. The molecule has 0 saturated carbocycles. The van der Waals surface area contributed by atoms with E-state index >= 15 is 0 Å². The number of nitrogens with two attached hydrogens (primary N) is 1. The van der Waals surface area contributed by atoms with Crippen molar-refractivity contribution in [2.24, 2.45) is 0 Å². The van der Waals surface area contributed by atoms with Crippen molar-refractivity contribution >= 4 is 160 Å². The van der Waals surface area contributed by atoms with Gasteiger partial charge in [0.1, 0.15) is 23.0 Å². The summed E-state index contributed by atoms with van der Waals surface area (Å²) < 4.78 is 62.8. The lowest BCUT2D eigenvalue weighted by Crippen LogP contribution is -2.40. The van der Waals surface area contributed by atoms with Crippen LogP contribution in [0.4, 0.5) is 39.8 Å². The van der Waals surface area contributed by atoms with E-state index in [0.717, 1.165) is 86.6 Å². The molecule has 27 heteroatoms. The van der Waals surface area contributed by atoms with E-state index in [9.17, 15) is 21.9 Å². The Labute approximate surface area is 580 Å². The van der Waals surface area contributed by atoms with Gasteiger partial charge in [0.25, 0.3) is 0 Å². The summed E-state index contributed by atoms with van der Waals surface area (Å²) in [5.41, 5.74) is 14.6. The number of nitrogens with one attached hydrogen (secondary N) is 3. The number of methoxy groups -OCH3 is 1. The molecule has 0 aliphatic carbocycles. The number of phenols is 1. The molecule has 2 aliphatic heterocycles. The number of phenolic OH excluding ortho intramolecular Hbond substituents is 1. The molecule has 0 amide bonds. The molecule has 6 aromatic heterocycles. The molecule has 0 bridgehead atoms. The lowest BCUT2D eigenvalue weighted by atomic mass is 10.1. The third-order valence-electron chi connectivity index (χ3n) is 15.9. The molecule has 0 atom stereocenters. The number of sulfone groups is 2. The summed E-state index contributed by atoms with van der Waals surface area (Å²) in [4.78, 5) is 41.2. The van der Waals surface area contributed by atoms with Gasteiger partial charge in [-0.3, -0.25) is 19.9 Å². The first-order valence-corrected chi connectivity index (χ1v) is 35.3. The van der Waals surface area contributed by atoms with Gasteiger partial charge in [-0.1, -0.05) is 34.8 Å². The average Bonchev–Trinajstić information content (AvgIpc) is 0.896. The van der Waals surface area contributed by atoms with Crippen LogP contribution in [-0.2, 0) is 19.7 Å². The maximum Gasteiger partial charge on any atom is 0.228 e. The third kappa shape index (κ3) is 18.1. The normalized spacial score (nSPS) is 13.9. The van der Waals surface area contributed by atoms with Crippen molar-refractivity contribution in [3.05, 3.63) is 219 Å². The number of fused-ring (bicyclic) bond motifs is 6.